The SMILES string of the molecule is CCP(C)(=O)OCCC(=O)c1ccc(C(=O)Nc2cc(-c3cccs3)ccc2NC(=O)OC(C)(C)C)cc1. The molecule has 0 aliphatic rings. The molecule has 38 heavy (non-hydrogen) atoms. The van der Waals surface area contributed by atoms with E-state index in [1.807, 2.05) is 23.6 Å². The molecule has 1 atom stereocenters. The maximum Gasteiger partial charge on any atom is 0.412 e. The smallest absolute Gasteiger partial charge is 0.412 e. The molecule has 2 aromatic carbocycles. The van der Waals surface area contributed by atoms with Gasteiger partial charge in [0.25, 0.3) is 5.91 Å². The Bertz CT molecular complexity index is 1330. The Balaban J connectivity index is 1.75. The van der Waals surface area contributed by atoms with Crippen LogP contribution in [-0.2, 0) is 13.8 Å². The summed E-state index contributed by atoms with van der Waals surface area (Å²) >= 11 is 1.56. The minimum absolute atomic E-state index is 0.0801. The number of Topliss-reactive ketones (excluding diaryl/α,β-unsaturated/α-hetero) is 1. The standard InChI is InChI=1S/C28H33N2O6PS/c1-6-37(5,34)35-16-15-24(31)19-9-11-20(12-10-19)26(32)29-23-18-21(25-8-7-17-38-25)13-14-22(23)30-27(33)36-28(2,3)4/h7-14,17-18H,6,15-16H2,1-5H3,(H,29,32)(H,30,33). The molecule has 0 saturated heterocycles. The van der Waals surface area contributed by atoms with E-state index in [-0.39, 0.29) is 18.8 Å². The van der Waals surface area contributed by atoms with Gasteiger partial charge in [-0.2, -0.15) is 0 Å². The summed E-state index contributed by atoms with van der Waals surface area (Å²) < 4.78 is 22.7. The van der Waals surface area contributed by atoms with Gasteiger partial charge in [-0.15, -0.1) is 11.3 Å². The quantitative estimate of drug-likeness (QED) is 0.197. The largest absolute Gasteiger partial charge is 0.444 e. The van der Waals surface area contributed by atoms with E-state index in [0.717, 1.165) is 10.4 Å². The average Bonchev–Trinajstić information content (AvgIpc) is 3.39. The number of amides is 2. The Kier molecular flexibility index (Phi) is 9.66. The molecule has 0 spiro atoms. The van der Waals surface area contributed by atoms with Gasteiger partial charge in [-0.25, -0.2) is 4.79 Å². The van der Waals surface area contributed by atoms with E-state index in [4.69, 9.17) is 9.26 Å². The third-order valence-corrected chi connectivity index (χ3v) is 8.24. The first kappa shape index (κ1) is 29.3. The van der Waals surface area contributed by atoms with Crippen LogP contribution in [0, 0.1) is 0 Å². The summed E-state index contributed by atoms with van der Waals surface area (Å²) in [5.74, 6) is -0.571. The van der Waals surface area contributed by atoms with Crippen LogP contribution in [0.15, 0.2) is 60.0 Å². The lowest BCUT2D eigenvalue weighted by Crippen LogP contribution is -2.27. The van der Waals surface area contributed by atoms with Crippen LogP contribution in [0.3, 0.4) is 0 Å². The maximum absolute atomic E-state index is 13.1. The molecule has 1 heterocycles. The Labute approximate surface area is 227 Å². The molecule has 0 bridgehead atoms. The molecule has 0 fully saturated rings. The molecule has 0 radical (unpaired) electrons. The predicted molar refractivity (Wildman–Crippen MR) is 153 cm³/mol. The van der Waals surface area contributed by atoms with Crippen molar-refractivity contribution in [3.05, 3.63) is 71.1 Å². The van der Waals surface area contributed by atoms with E-state index in [1.165, 1.54) is 0 Å². The molecule has 2 amide bonds. The van der Waals surface area contributed by atoms with Crippen molar-refractivity contribution in [2.45, 2.75) is 39.7 Å². The number of ether oxygens (including phenoxy) is 1. The Hall–Kier alpha value is -3.26. The van der Waals surface area contributed by atoms with Crippen molar-refractivity contribution < 1.29 is 28.2 Å². The van der Waals surface area contributed by atoms with Gasteiger partial charge in [0.1, 0.15) is 5.60 Å². The number of rotatable bonds is 10. The molecule has 10 heteroatoms. The van der Waals surface area contributed by atoms with Gasteiger partial charge in [-0.3, -0.25) is 19.5 Å². The summed E-state index contributed by atoms with van der Waals surface area (Å²) in [6.45, 7) is 8.71. The first-order chi connectivity index (χ1) is 17.9. The van der Waals surface area contributed by atoms with Gasteiger partial charge in [0.05, 0.1) is 18.0 Å². The fraction of sp³-hybridized carbons (Fsp3) is 0.321. The molecule has 0 saturated carbocycles. The summed E-state index contributed by atoms with van der Waals surface area (Å²) in [6, 6.07) is 15.5. The number of ketones is 1. The molecular formula is C28H33N2O6PS. The predicted octanol–water partition coefficient (Wildman–Crippen LogP) is 7.53. The van der Waals surface area contributed by atoms with Gasteiger partial charge in [-0.05, 0) is 62.0 Å². The number of anilines is 2. The zero-order valence-corrected chi connectivity index (χ0v) is 23.9. The monoisotopic (exact) mass is 556 g/mol. The third kappa shape index (κ3) is 8.65. The van der Waals surface area contributed by atoms with Crippen molar-refractivity contribution >= 4 is 47.9 Å². The topological polar surface area (TPSA) is 111 Å². The van der Waals surface area contributed by atoms with Crippen molar-refractivity contribution in [3.8, 4) is 10.4 Å². The second kappa shape index (κ2) is 12.5. The Morgan fingerprint density at radius 3 is 2.24 bits per heavy atom. The van der Waals surface area contributed by atoms with E-state index in [9.17, 15) is 18.9 Å². The number of carbonyl (C=O) groups is 3. The van der Waals surface area contributed by atoms with Gasteiger partial charge >= 0.3 is 6.09 Å². The highest BCUT2D eigenvalue weighted by molar-refractivity contribution is 7.58. The molecule has 202 valence electrons. The summed E-state index contributed by atoms with van der Waals surface area (Å²) in [7, 11) is -2.66. The third-order valence-electron chi connectivity index (χ3n) is 5.45. The lowest BCUT2D eigenvalue weighted by Gasteiger charge is -2.21. The maximum atomic E-state index is 13.1. The van der Waals surface area contributed by atoms with E-state index < -0.39 is 25.0 Å². The molecule has 3 aromatic rings. The van der Waals surface area contributed by atoms with Crippen LogP contribution in [0.2, 0.25) is 0 Å². The fourth-order valence-corrected chi connectivity index (χ4v) is 4.72. The second-order valence-electron chi connectivity index (χ2n) is 9.73. The minimum atomic E-state index is -2.66. The molecule has 8 nitrogen and oxygen atoms in total. The van der Waals surface area contributed by atoms with Crippen LogP contribution >= 0.6 is 18.7 Å². The van der Waals surface area contributed by atoms with Gasteiger partial charge in [0.2, 0.25) is 0 Å². The normalized spacial score (nSPS) is 12.9. The zero-order valence-electron chi connectivity index (χ0n) is 22.2. The number of hydrogen-bond donors (Lipinski definition) is 2. The van der Waals surface area contributed by atoms with Gasteiger partial charge in [0.15, 0.2) is 13.2 Å². The zero-order chi connectivity index (χ0) is 27.9. The summed E-state index contributed by atoms with van der Waals surface area (Å²) in [5.41, 5.74) is 1.77. The van der Waals surface area contributed by atoms with Crippen LogP contribution in [0.5, 0.6) is 0 Å². The Morgan fingerprint density at radius 2 is 1.63 bits per heavy atom. The summed E-state index contributed by atoms with van der Waals surface area (Å²) in [5, 5.41) is 7.53. The van der Waals surface area contributed by atoms with E-state index in [2.05, 4.69) is 10.6 Å². The highest BCUT2D eigenvalue weighted by atomic mass is 32.1. The van der Waals surface area contributed by atoms with Crippen LogP contribution in [0.25, 0.3) is 10.4 Å². The molecule has 3 rings (SSSR count). The molecule has 1 unspecified atom stereocenters. The highest BCUT2D eigenvalue weighted by Gasteiger charge is 2.19. The number of thiophene rings is 1. The number of nitrogens with one attached hydrogen (secondary N) is 2. The molecule has 0 aliphatic heterocycles. The van der Waals surface area contributed by atoms with E-state index in [0.29, 0.717) is 28.7 Å². The first-order valence-corrected chi connectivity index (χ1v) is 15.3. The van der Waals surface area contributed by atoms with Crippen molar-refractivity contribution in [1.29, 1.82) is 0 Å². The lowest BCUT2D eigenvalue weighted by molar-refractivity contribution is 0.0635. The van der Waals surface area contributed by atoms with Gasteiger partial charge in [0, 0.05) is 35.3 Å². The average molecular weight is 557 g/mol. The molecule has 1 aromatic heterocycles. The van der Waals surface area contributed by atoms with Crippen molar-refractivity contribution in [2.24, 2.45) is 0 Å². The summed E-state index contributed by atoms with van der Waals surface area (Å²) in [4.78, 5) is 39.0. The van der Waals surface area contributed by atoms with E-state index in [1.54, 1.807) is 82.1 Å². The highest BCUT2D eigenvalue weighted by Crippen LogP contribution is 2.41. The van der Waals surface area contributed by atoms with Gasteiger partial charge in [-0.1, -0.05) is 31.2 Å². The molecular weight excluding hydrogens is 523 g/mol. The molecule has 2 N–H and O–H groups in total. The summed E-state index contributed by atoms with van der Waals surface area (Å²) in [6.07, 6.45) is -0.128. The van der Waals surface area contributed by atoms with Crippen LogP contribution in [-0.4, -0.2) is 42.8 Å². The van der Waals surface area contributed by atoms with E-state index >= 15 is 0 Å². The van der Waals surface area contributed by atoms with Gasteiger partial charge < -0.3 is 14.6 Å². The second-order valence-corrected chi connectivity index (χ2v) is 13.6. The van der Waals surface area contributed by atoms with Crippen molar-refractivity contribution in [1.82, 2.24) is 0 Å². The number of hydrogen-bond acceptors (Lipinski definition) is 7. The van der Waals surface area contributed by atoms with Crippen LogP contribution < -0.4 is 10.6 Å². The van der Waals surface area contributed by atoms with Crippen molar-refractivity contribution in [3.63, 3.8) is 0 Å². The minimum Gasteiger partial charge on any atom is -0.444 e. The van der Waals surface area contributed by atoms with Crippen LogP contribution in [0.1, 0.15) is 54.8 Å². The Morgan fingerprint density at radius 1 is 0.947 bits per heavy atom. The number of carbonyl (C=O) groups excluding carboxylic acids is 3. The lowest BCUT2D eigenvalue weighted by atomic mass is 10.1. The molecule has 0 aliphatic carbocycles. The van der Waals surface area contributed by atoms with Crippen molar-refractivity contribution in [2.75, 3.05) is 30.1 Å². The fourth-order valence-electron chi connectivity index (χ4n) is 3.34. The first-order valence-electron chi connectivity index (χ1n) is 12.2. The number of benzene rings is 2. The van der Waals surface area contributed by atoms with Crippen LogP contribution in [0.4, 0.5) is 16.2 Å².